The Kier molecular flexibility index (Phi) is 8.63. The number of benzene rings is 3. The lowest BCUT2D eigenvalue weighted by molar-refractivity contribution is 0.146. The zero-order valence-corrected chi connectivity index (χ0v) is 21.7. The van der Waals surface area contributed by atoms with E-state index in [4.69, 9.17) is 19.5 Å². The minimum Gasteiger partial charge on any atom is -0.491 e. The van der Waals surface area contributed by atoms with E-state index in [0.29, 0.717) is 26.2 Å². The van der Waals surface area contributed by atoms with Gasteiger partial charge in [-0.1, -0.05) is 30.2 Å². The molecule has 0 aliphatic heterocycles. The van der Waals surface area contributed by atoms with Crippen molar-refractivity contribution in [1.29, 1.82) is 5.26 Å². The molecule has 0 saturated carbocycles. The summed E-state index contributed by atoms with van der Waals surface area (Å²) in [4.78, 5) is 0. The molecule has 36 heavy (non-hydrogen) atoms. The van der Waals surface area contributed by atoms with Gasteiger partial charge in [-0.05, 0) is 77.9 Å². The zero-order valence-electron chi connectivity index (χ0n) is 20.8. The van der Waals surface area contributed by atoms with Crippen LogP contribution in [-0.4, -0.2) is 20.3 Å². The third-order valence-electron chi connectivity index (χ3n) is 5.98. The van der Waals surface area contributed by atoms with Gasteiger partial charge in [0.15, 0.2) is 0 Å². The van der Waals surface area contributed by atoms with Crippen LogP contribution in [-0.2, 0) is 11.3 Å². The van der Waals surface area contributed by atoms with Gasteiger partial charge < -0.3 is 14.2 Å². The number of nitriles is 1. The lowest BCUT2D eigenvalue weighted by atomic mass is 9.97. The molecule has 0 saturated heterocycles. The predicted octanol–water partition coefficient (Wildman–Crippen LogP) is 7.50. The van der Waals surface area contributed by atoms with Crippen molar-refractivity contribution in [2.24, 2.45) is 0 Å². The van der Waals surface area contributed by atoms with Gasteiger partial charge >= 0.3 is 0 Å². The molecule has 1 aromatic heterocycles. The maximum atomic E-state index is 9.06. The molecule has 0 amide bonds. The number of methoxy groups -OCH3 is 1. The zero-order chi connectivity index (χ0) is 25.3. The van der Waals surface area contributed by atoms with E-state index in [9.17, 15) is 0 Å². The van der Waals surface area contributed by atoms with E-state index < -0.39 is 0 Å². The standard InChI is InChI=1S/C31H29NO3S/c1-4-5-24(14-15-32)25-7-9-26(10-8-25)35-20-23-6-13-31-29(19-23)30(21-36-31)28-12-11-27(18-22(28)2)34-17-16-33-3/h6-13,18-19,21,24H,14,16-17,20H2,1-3H3/t24-/m0/s1. The van der Waals surface area contributed by atoms with Crippen LogP contribution in [0, 0.1) is 30.1 Å². The number of nitrogens with zero attached hydrogens (tertiary/aromatic N) is 1. The smallest absolute Gasteiger partial charge is 0.119 e. The fraction of sp³-hybridized carbons (Fsp3) is 0.258. The highest BCUT2D eigenvalue weighted by Gasteiger charge is 2.12. The maximum absolute atomic E-state index is 9.06. The van der Waals surface area contributed by atoms with Crippen LogP contribution in [0.2, 0.25) is 0 Å². The molecule has 0 fully saturated rings. The number of rotatable bonds is 10. The van der Waals surface area contributed by atoms with Crippen LogP contribution in [0.5, 0.6) is 11.5 Å². The first-order valence-corrected chi connectivity index (χ1v) is 12.8. The minimum absolute atomic E-state index is 0.0667. The van der Waals surface area contributed by atoms with Gasteiger partial charge in [-0.3, -0.25) is 0 Å². The lowest BCUT2D eigenvalue weighted by Gasteiger charge is -2.11. The SMILES string of the molecule is CC#C[C@@H](CC#N)c1ccc(OCc2ccc3scc(-c4ccc(OCCOC)cc4C)c3c2)cc1. The summed E-state index contributed by atoms with van der Waals surface area (Å²) in [5.74, 6) is 7.60. The molecular weight excluding hydrogens is 466 g/mol. The largest absolute Gasteiger partial charge is 0.491 e. The third-order valence-corrected chi connectivity index (χ3v) is 6.95. The van der Waals surface area contributed by atoms with E-state index in [0.717, 1.165) is 22.6 Å². The first kappa shape index (κ1) is 25.3. The van der Waals surface area contributed by atoms with Crippen molar-refractivity contribution in [2.75, 3.05) is 20.3 Å². The van der Waals surface area contributed by atoms with Gasteiger partial charge in [0.1, 0.15) is 24.7 Å². The number of hydrogen-bond donors (Lipinski definition) is 0. The summed E-state index contributed by atoms with van der Waals surface area (Å²) in [6.45, 7) is 5.50. The van der Waals surface area contributed by atoms with Gasteiger partial charge in [0, 0.05) is 22.8 Å². The molecule has 5 heteroatoms. The number of hydrogen-bond acceptors (Lipinski definition) is 5. The molecule has 4 rings (SSSR count). The Labute approximate surface area is 217 Å². The Hall–Kier alpha value is -3.77. The highest BCUT2D eigenvalue weighted by molar-refractivity contribution is 7.17. The molecule has 0 aliphatic rings. The van der Waals surface area contributed by atoms with E-state index >= 15 is 0 Å². The summed E-state index contributed by atoms with van der Waals surface area (Å²) in [7, 11) is 1.67. The number of aryl methyl sites for hydroxylation is 1. The van der Waals surface area contributed by atoms with Crippen LogP contribution in [0.15, 0.2) is 66.0 Å². The summed E-state index contributed by atoms with van der Waals surface area (Å²) >= 11 is 1.75. The van der Waals surface area contributed by atoms with Crippen LogP contribution in [0.3, 0.4) is 0 Å². The van der Waals surface area contributed by atoms with E-state index in [1.165, 1.54) is 26.8 Å². The average molecular weight is 496 g/mol. The van der Waals surface area contributed by atoms with Crippen molar-refractivity contribution in [3.8, 4) is 40.5 Å². The molecule has 4 aromatic rings. The number of fused-ring (bicyclic) bond motifs is 1. The highest BCUT2D eigenvalue weighted by atomic mass is 32.1. The van der Waals surface area contributed by atoms with Crippen LogP contribution >= 0.6 is 11.3 Å². The van der Waals surface area contributed by atoms with Gasteiger partial charge in [-0.2, -0.15) is 5.26 Å². The van der Waals surface area contributed by atoms with E-state index in [1.54, 1.807) is 25.4 Å². The van der Waals surface area contributed by atoms with Gasteiger partial charge in [0.05, 0.1) is 25.0 Å². The van der Waals surface area contributed by atoms with Crippen LogP contribution in [0.25, 0.3) is 21.2 Å². The molecule has 3 aromatic carbocycles. The Bertz CT molecular complexity index is 1420. The quantitative estimate of drug-likeness (QED) is 0.169. The fourth-order valence-corrected chi connectivity index (χ4v) is 5.07. The average Bonchev–Trinajstić information content (AvgIpc) is 3.31. The van der Waals surface area contributed by atoms with Crippen LogP contribution < -0.4 is 9.47 Å². The molecule has 1 heterocycles. The first-order valence-electron chi connectivity index (χ1n) is 11.9. The van der Waals surface area contributed by atoms with E-state index in [2.05, 4.69) is 60.5 Å². The predicted molar refractivity (Wildman–Crippen MR) is 147 cm³/mol. The third kappa shape index (κ3) is 6.07. The topological polar surface area (TPSA) is 51.5 Å². The van der Waals surface area contributed by atoms with Crippen LogP contribution in [0.1, 0.15) is 36.0 Å². The Morgan fingerprint density at radius 1 is 0.917 bits per heavy atom. The molecule has 0 spiro atoms. The monoisotopic (exact) mass is 495 g/mol. The summed E-state index contributed by atoms with van der Waals surface area (Å²) in [6, 6.07) is 22.8. The first-order chi connectivity index (χ1) is 17.6. The molecule has 0 aliphatic carbocycles. The molecule has 0 radical (unpaired) electrons. The van der Waals surface area contributed by atoms with E-state index in [1.807, 2.05) is 30.3 Å². The second-order valence-electron chi connectivity index (χ2n) is 8.46. The Morgan fingerprint density at radius 3 is 2.44 bits per heavy atom. The summed E-state index contributed by atoms with van der Waals surface area (Å²) < 4.78 is 18.2. The van der Waals surface area contributed by atoms with E-state index in [-0.39, 0.29) is 5.92 Å². The van der Waals surface area contributed by atoms with Crippen molar-refractivity contribution in [3.63, 3.8) is 0 Å². The van der Waals surface area contributed by atoms with Gasteiger partial charge in [0.25, 0.3) is 0 Å². The number of thiophene rings is 1. The molecule has 0 unspecified atom stereocenters. The number of ether oxygens (including phenoxy) is 3. The Balaban J connectivity index is 1.49. The fourth-order valence-electron chi connectivity index (χ4n) is 4.13. The van der Waals surface area contributed by atoms with Crippen molar-refractivity contribution >= 4 is 21.4 Å². The molecule has 1 atom stereocenters. The second-order valence-corrected chi connectivity index (χ2v) is 9.38. The Morgan fingerprint density at radius 2 is 1.72 bits per heavy atom. The molecule has 182 valence electrons. The normalized spacial score (nSPS) is 11.4. The summed E-state index contributed by atoms with van der Waals surface area (Å²) in [6.07, 6.45) is 0.382. The summed E-state index contributed by atoms with van der Waals surface area (Å²) in [5, 5.41) is 12.5. The van der Waals surface area contributed by atoms with Crippen molar-refractivity contribution in [2.45, 2.75) is 32.8 Å². The molecular formula is C31H29NO3S. The van der Waals surface area contributed by atoms with Gasteiger partial charge in [-0.15, -0.1) is 17.3 Å². The van der Waals surface area contributed by atoms with Crippen molar-refractivity contribution < 1.29 is 14.2 Å². The van der Waals surface area contributed by atoms with Crippen LogP contribution in [0.4, 0.5) is 0 Å². The van der Waals surface area contributed by atoms with Gasteiger partial charge in [0.2, 0.25) is 0 Å². The summed E-state index contributed by atoms with van der Waals surface area (Å²) in [5.41, 5.74) is 5.75. The van der Waals surface area contributed by atoms with Gasteiger partial charge in [-0.25, -0.2) is 0 Å². The molecule has 4 nitrogen and oxygen atoms in total. The van der Waals surface area contributed by atoms with Crippen molar-refractivity contribution in [1.82, 2.24) is 0 Å². The second kappa shape index (κ2) is 12.3. The molecule has 0 bridgehead atoms. The highest BCUT2D eigenvalue weighted by Crippen LogP contribution is 2.37. The maximum Gasteiger partial charge on any atom is 0.119 e. The lowest BCUT2D eigenvalue weighted by Crippen LogP contribution is -2.04. The molecule has 0 N–H and O–H groups in total. The van der Waals surface area contributed by atoms with Crippen molar-refractivity contribution in [3.05, 3.63) is 82.7 Å². The minimum atomic E-state index is -0.0667.